The maximum Gasteiger partial charge on any atom is 0.229 e. The lowest BCUT2D eigenvalue weighted by Crippen LogP contribution is -2.66. The predicted octanol–water partition coefficient (Wildman–Crippen LogP) is 0.214. The Labute approximate surface area is 132 Å². The Hall–Kier alpha value is -0.660. The SMILES string of the molecule is CS(=O)(=O)N[C@@H]1CCCN(CN2C(=O)[C@@H]3[C@H]4CC[C@@H](C4)[C@H]32)C1. The van der Waals surface area contributed by atoms with Gasteiger partial charge in [-0.3, -0.25) is 9.69 Å². The summed E-state index contributed by atoms with van der Waals surface area (Å²) in [4.78, 5) is 16.7. The normalized spacial score (nSPS) is 41.6. The van der Waals surface area contributed by atoms with Crippen molar-refractivity contribution in [3.8, 4) is 0 Å². The van der Waals surface area contributed by atoms with Crippen molar-refractivity contribution in [2.24, 2.45) is 17.8 Å². The first-order valence-corrected chi connectivity index (χ1v) is 10.3. The van der Waals surface area contributed by atoms with Crippen LogP contribution in [0.2, 0.25) is 0 Å². The number of nitrogens with one attached hydrogen (secondary N) is 1. The molecule has 2 aliphatic carbocycles. The molecule has 22 heavy (non-hydrogen) atoms. The quantitative estimate of drug-likeness (QED) is 0.750. The van der Waals surface area contributed by atoms with E-state index in [1.165, 1.54) is 25.5 Å². The van der Waals surface area contributed by atoms with Gasteiger partial charge < -0.3 is 4.90 Å². The second kappa shape index (κ2) is 5.18. The Balaban J connectivity index is 1.37. The molecule has 4 fully saturated rings. The van der Waals surface area contributed by atoms with Gasteiger partial charge in [0.1, 0.15) is 0 Å². The van der Waals surface area contributed by atoms with E-state index in [-0.39, 0.29) is 6.04 Å². The number of hydrogen-bond acceptors (Lipinski definition) is 4. The summed E-state index contributed by atoms with van der Waals surface area (Å²) in [7, 11) is -3.16. The molecule has 7 heteroatoms. The lowest BCUT2D eigenvalue weighted by Gasteiger charge is -2.51. The van der Waals surface area contributed by atoms with E-state index in [1.807, 2.05) is 0 Å². The minimum Gasteiger partial charge on any atom is -0.325 e. The van der Waals surface area contributed by atoms with E-state index in [9.17, 15) is 13.2 Å². The number of hydrogen-bond donors (Lipinski definition) is 1. The van der Waals surface area contributed by atoms with Gasteiger partial charge in [-0.1, -0.05) is 0 Å². The second-order valence-corrected chi connectivity index (χ2v) is 9.39. The molecule has 0 radical (unpaired) electrons. The maximum atomic E-state index is 12.4. The van der Waals surface area contributed by atoms with E-state index in [2.05, 4.69) is 14.5 Å². The zero-order chi connectivity index (χ0) is 15.5. The van der Waals surface area contributed by atoms with Gasteiger partial charge in [0.05, 0.1) is 18.8 Å². The lowest BCUT2D eigenvalue weighted by atomic mass is 9.76. The minimum absolute atomic E-state index is 0.0176. The Bertz CT molecular complexity index is 579. The van der Waals surface area contributed by atoms with Crippen LogP contribution in [0.15, 0.2) is 0 Å². The van der Waals surface area contributed by atoms with Gasteiger partial charge in [-0.05, 0) is 50.5 Å². The summed E-state index contributed by atoms with van der Waals surface area (Å²) >= 11 is 0. The van der Waals surface area contributed by atoms with Crippen LogP contribution < -0.4 is 4.72 Å². The van der Waals surface area contributed by atoms with Crippen molar-refractivity contribution >= 4 is 15.9 Å². The molecule has 4 rings (SSSR count). The third-order valence-electron chi connectivity index (χ3n) is 6.04. The average Bonchev–Trinajstić information content (AvgIpc) is 3.01. The van der Waals surface area contributed by atoms with Gasteiger partial charge >= 0.3 is 0 Å². The van der Waals surface area contributed by atoms with Crippen LogP contribution in [0, 0.1) is 17.8 Å². The van der Waals surface area contributed by atoms with Crippen molar-refractivity contribution in [3.63, 3.8) is 0 Å². The summed E-state index contributed by atoms with van der Waals surface area (Å²) in [5.41, 5.74) is 0. The highest BCUT2D eigenvalue weighted by Crippen LogP contribution is 2.56. The monoisotopic (exact) mass is 327 g/mol. The number of β-lactam (4-membered cyclic amide) rings is 1. The molecule has 2 aliphatic heterocycles. The van der Waals surface area contributed by atoms with E-state index in [4.69, 9.17) is 0 Å². The van der Waals surface area contributed by atoms with Gasteiger partial charge in [-0.25, -0.2) is 13.1 Å². The molecular formula is C15H25N3O3S. The number of piperidine rings is 1. The van der Waals surface area contributed by atoms with Crippen LogP contribution in [-0.2, 0) is 14.8 Å². The fourth-order valence-electron chi connectivity index (χ4n) is 5.28. The molecule has 0 aromatic carbocycles. The number of carbonyl (C=O) groups excluding carboxylic acids is 1. The molecule has 0 spiro atoms. The summed E-state index contributed by atoms with van der Waals surface area (Å²) in [5.74, 6) is 2.03. The van der Waals surface area contributed by atoms with Crippen LogP contribution in [0.25, 0.3) is 0 Å². The zero-order valence-corrected chi connectivity index (χ0v) is 13.9. The van der Waals surface area contributed by atoms with Crippen molar-refractivity contribution in [1.82, 2.24) is 14.5 Å². The summed E-state index contributed by atoms with van der Waals surface area (Å²) in [6.07, 6.45) is 6.85. The van der Waals surface area contributed by atoms with Gasteiger partial charge in [-0.15, -0.1) is 0 Å². The maximum absolute atomic E-state index is 12.4. The highest BCUT2D eigenvalue weighted by Gasteiger charge is 2.61. The van der Waals surface area contributed by atoms with Crippen molar-refractivity contribution in [3.05, 3.63) is 0 Å². The molecular weight excluding hydrogens is 302 g/mol. The first-order chi connectivity index (χ1) is 10.4. The fraction of sp³-hybridized carbons (Fsp3) is 0.933. The summed E-state index contributed by atoms with van der Waals surface area (Å²) < 4.78 is 25.5. The largest absolute Gasteiger partial charge is 0.325 e. The Kier molecular flexibility index (Phi) is 3.51. The standard InChI is InChI=1S/C15H25N3O3S/c1-22(20,21)16-12-3-2-6-17(8-12)9-18-14-11-5-4-10(7-11)13(14)15(18)19/h10-14,16H,2-9H2,1H3/t10-,11-,12+,13+,14+/m0/s1. The number of carbonyl (C=O) groups is 1. The number of sulfonamides is 1. The molecule has 0 aromatic heterocycles. The van der Waals surface area contributed by atoms with E-state index >= 15 is 0 Å². The van der Waals surface area contributed by atoms with Gasteiger partial charge in [0, 0.05) is 18.6 Å². The molecule has 4 aliphatic rings. The van der Waals surface area contributed by atoms with Crippen LogP contribution in [0.1, 0.15) is 32.1 Å². The topological polar surface area (TPSA) is 69.7 Å². The van der Waals surface area contributed by atoms with Crippen LogP contribution in [0.5, 0.6) is 0 Å². The number of amides is 1. The molecule has 0 unspecified atom stereocenters. The summed E-state index contributed by atoms with van der Waals surface area (Å²) in [6.45, 7) is 2.35. The number of rotatable bonds is 4. The van der Waals surface area contributed by atoms with Crippen molar-refractivity contribution in [2.45, 2.75) is 44.2 Å². The Morgan fingerprint density at radius 1 is 1.23 bits per heavy atom. The molecule has 1 N–H and O–H groups in total. The van der Waals surface area contributed by atoms with E-state index in [0.717, 1.165) is 25.3 Å². The zero-order valence-electron chi connectivity index (χ0n) is 13.1. The lowest BCUT2D eigenvalue weighted by molar-refractivity contribution is -0.165. The van der Waals surface area contributed by atoms with Crippen LogP contribution in [0.4, 0.5) is 0 Å². The van der Waals surface area contributed by atoms with Crippen LogP contribution in [-0.4, -0.2) is 62.2 Å². The molecule has 2 heterocycles. The molecule has 2 bridgehead atoms. The molecule has 2 saturated heterocycles. The second-order valence-electron chi connectivity index (χ2n) is 7.61. The molecule has 1 amide bonds. The van der Waals surface area contributed by atoms with Crippen molar-refractivity contribution in [2.75, 3.05) is 26.0 Å². The van der Waals surface area contributed by atoms with E-state index in [1.54, 1.807) is 0 Å². The minimum atomic E-state index is -3.16. The van der Waals surface area contributed by atoms with E-state index in [0.29, 0.717) is 37.0 Å². The highest BCUT2D eigenvalue weighted by molar-refractivity contribution is 7.88. The Morgan fingerprint density at radius 3 is 2.77 bits per heavy atom. The smallest absolute Gasteiger partial charge is 0.229 e. The molecule has 2 saturated carbocycles. The fourth-order valence-corrected chi connectivity index (χ4v) is 6.07. The first-order valence-electron chi connectivity index (χ1n) is 8.42. The van der Waals surface area contributed by atoms with Crippen LogP contribution in [0.3, 0.4) is 0 Å². The van der Waals surface area contributed by atoms with Crippen LogP contribution >= 0.6 is 0 Å². The highest BCUT2D eigenvalue weighted by atomic mass is 32.2. The van der Waals surface area contributed by atoms with Gasteiger partial charge in [-0.2, -0.15) is 0 Å². The summed E-state index contributed by atoms with van der Waals surface area (Å²) in [5, 5.41) is 0. The number of likely N-dealkylation sites (tertiary alicyclic amines) is 2. The Morgan fingerprint density at radius 2 is 2.00 bits per heavy atom. The van der Waals surface area contributed by atoms with Crippen molar-refractivity contribution in [1.29, 1.82) is 0 Å². The molecule has 0 aromatic rings. The average molecular weight is 327 g/mol. The molecule has 6 nitrogen and oxygen atoms in total. The van der Waals surface area contributed by atoms with Gasteiger partial charge in [0.2, 0.25) is 15.9 Å². The van der Waals surface area contributed by atoms with Crippen molar-refractivity contribution < 1.29 is 13.2 Å². The van der Waals surface area contributed by atoms with E-state index < -0.39 is 10.0 Å². The van der Waals surface area contributed by atoms with Gasteiger partial charge in [0.15, 0.2) is 0 Å². The van der Waals surface area contributed by atoms with Gasteiger partial charge in [0.25, 0.3) is 0 Å². The third kappa shape index (κ3) is 2.47. The number of nitrogens with zero attached hydrogens (tertiary/aromatic N) is 2. The predicted molar refractivity (Wildman–Crippen MR) is 82.4 cm³/mol. The third-order valence-corrected chi connectivity index (χ3v) is 6.80. The number of fused-ring (bicyclic) bond motifs is 5. The molecule has 124 valence electrons. The summed E-state index contributed by atoms with van der Waals surface area (Å²) in [6, 6.07) is 0.463. The first kappa shape index (κ1) is 14.9. The molecule has 5 atom stereocenters.